The van der Waals surface area contributed by atoms with Crippen LogP contribution in [0.5, 0.6) is 0 Å². The maximum absolute atomic E-state index is 13.0. The van der Waals surface area contributed by atoms with Crippen molar-refractivity contribution in [2.75, 3.05) is 5.73 Å². The highest BCUT2D eigenvalue weighted by Crippen LogP contribution is 2.26. The van der Waals surface area contributed by atoms with Gasteiger partial charge in [0.25, 0.3) is 0 Å². The number of carbonyl (C=O) groups is 1. The molecule has 0 aliphatic heterocycles. The molecule has 86 valence electrons. The van der Waals surface area contributed by atoms with Crippen LogP contribution in [0.4, 0.5) is 23.2 Å². The molecule has 0 radical (unpaired) electrons. The van der Waals surface area contributed by atoms with E-state index in [0.29, 0.717) is 12.2 Å². The molecule has 0 spiro atoms. The van der Waals surface area contributed by atoms with Crippen molar-refractivity contribution in [2.24, 2.45) is 0 Å². The molecule has 3 nitrogen and oxygen atoms in total. The van der Waals surface area contributed by atoms with Crippen molar-refractivity contribution >= 4 is 17.7 Å². The molecule has 0 fully saturated rings. The number of benzene rings is 1. The SMILES string of the molecule is Nc1c(F)c(F)c(/C=C/C(=O)O)c(F)c1F. The van der Waals surface area contributed by atoms with Crippen LogP contribution in [0.3, 0.4) is 0 Å². The van der Waals surface area contributed by atoms with Gasteiger partial charge in [-0.15, -0.1) is 0 Å². The maximum atomic E-state index is 13.0. The maximum Gasteiger partial charge on any atom is 0.328 e. The van der Waals surface area contributed by atoms with Gasteiger partial charge in [0.1, 0.15) is 5.69 Å². The monoisotopic (exact) mass is 235 g/mol. The average Bonchev–Trinajstić information content (AvgIpc) is 2.23. The fraction of sp³-hybridized carbons (Fsp3) is 0. The average molecular weight is 235 g/mol. The van der Waals surface area contributed by atoms with Gasteiger partial charge in [-0.05, 0) is 6.08 Å². The topological polar surface area (TPSA) is 63.3 Å². The van der Waals surface area contributed by atoms with Crippen molar-refractivity contribution < 1.29 is 27.5 Å². The fourth-order valence-electron chi connectivity index (χ4n) is 0.967. The van der Waals surface area contributed by atoms with E-state index < -0.39 is 40.5 Å². The number of rotatable bonds is 2. The van der Waals surface area contributed by atoms with E-state index in [0.717, 1.165) is 0 Å². The summed E-state index contributed by atoms with van der Waals surface area (Å²) in [6, 6.07) is 0. The van der Waals surface area contributed by atoms with Gasteiger partial charge in [-0.2, -0.15) is 0 Å². The van der Waals surface area contributed by atoms with Crippen LogP contribution in [-0.2, 0) is 4.79 Å². The zero-order chi connectivity index (χ0) is 12.5. The summed E-state index contributed by atoms with van der Waals surface area (Å²) in [4.78, 5) is 10.1. The summed E-state index contributed by atoms with van der Waals surface area (Å²) >= 11 is 0. The Morgan fingerprint density at radius 2 is 1.50 bits per heavy atom. The summed E-state index contributed by atoms with van der Waals surface area (Å²) in [6.45, 7) is 0. The number of aliphatic carboxylic acids is 1. The van der Waals surface area contributed by atoms with E-state index >= 15 is 0 Å². The van der Waals surface area contributed by atoms with Crippen LogP contribution in [0.2, 0.25) is 0 Å². The van der Waals surface area contributed by atoms with Crippen molar-refractivity contribution in [1.82, 2.24) is 0 Å². The smallest absolute Gasteiger partial charge is 0.328 e. The minimum atomic E-state index is -1.76. The van der Waals surface area contributed by atoms with Crippen LogP contribution in [0.25, 0.3) is 6.08 Å². The molecule has 0 atom stereocenters. The highest BCUT2D eigenvalue weighted by molar-refractivity contribution is 5.85. The van der Waals surface area contributed by atoms with Gasteiger partial charge >= 0.3 is 5.97 Å². The van der Waals surface area contributed by atoms with Crippen LogP contribution in [0.15, 0.2) is 6.08 Å². The predicted octanol–water partition coefficient (Wildman–Crippen LogP) is 1.92. The van der Waals surface area contributed by atoms with E-state index in [1.165, 1.54) is 0 Å². The van der Waals surface area contributed by atoms with Gasteiger partial charge < -0.3 is 10.8 Å². The van der Waals surface area contributed by atoms with Crippen LogP contribution in [-0.4, -0.2) is 11.1 Å². The molecule has 0 aliphatic carbocycles. The number of hydrogen-bond acceptors (Lipinski definition) is 2. The number of anilines is 1. The quantitative estimate of drug-likeness (QED) is 0.356. The molecular formula is C9H5F4NO2. The molecule has 0 amide bonds. The lowest BCUT2D eigenvalue weighted by atomic mass is 10.1. The van der Waals surface area contributed by atoms with Crippen molar-refractivity contribution in [2.45, 2.75) is 0 Å². The first-order chi connectivity index (χ1) is 7.36. The second kappa shape index (κ2) is 4.21. The minimum Gasteiger partial charge on any atom is -0.478 e. The predicted molar refractivity (Wildman–Crippen MR) is 47.4 cm³/mol. The van der Waals surface area contributed by atoms with Gasteiger partial charge in [-0.25, -0.2) is 22.4 Å². The zero-order valence-corrected chi connectivity index (χ0v) is 7.60. The Hall–Kier alpha value is -2.05. The van der Waals surface area contributed by atoms with E-state index in [1.54, 1.807) is 0 Å². The molecule has 1 aromatic carbocycles. The van der Waals surface area contributed by atoms with Gasteiger partial charge in [0, 0.05) is 6.08 Å². The number of hydrogen-bond donors (Lipinski definition) is 2. The molecular weight excluding hydrogens is 230 g/mol. The fourth-order valence-corrected chi connectivity index (χ4v) is 0.967. The first-order valence-electron chi connectivity index (χ1n) is 3.88. The van der Waals surface area contributed by atoms with Gasteiger partial charge in [-0.3, -0.25) is 0 Å². The first-order valence-corrected chi connectivity index (χ1v) is 3.88. The third-order valence-electron chi connectivity index (χ3n) is 1.72. The summed E-state index contributed by atoms with van der Waals surface area (Å²) in [5, 5.41) is 8.21. The Labute approximate surface area is 86.8 Å². The zero-order valence-electron chi connectivity index (χ0n) is 7.60. The summed E-state index contributed by atoms with van der Waals surface area (Å²) < 4.78 is 51.8. The van der Waals surface area contributed by atoms with Crippen molar-refractivity contribution in [3.63, 3.8) is 0 Å². The van der Waals surface area contributed by atoms with Crippen LogP contribution in [0, 0.1) is 23.3 Å². The molecule has 3 N–H and O–H groups in total. The van der Waals surface area contributed by atoms with Gasteiger partial charge in [0.05, 0.1) is 5.56 Å². The minimum absolute atomic E-state index is 0.344. The number of halogens is 4. The number of carboxylic acids is 1. The van der Waals surface area contributed by atoms with E-state index in [4.69, 9.17) is 10.8 Å². The Balaban J connectivity index is 3.45. The van der Waals surface area contributed by atoms with Crippen molar-refractivity contribution in [3.8, 4) is 0 Å². The Bertz CT molecular complexity index is 456. The molecule has 0 bridgehead atoms. The van der Waals surface area contributed by atoms with Crippen LogP contribution >= 0.6 is 0 Å². The van der Waals surface area contributed by atoms with Crippen LogP contribution in [0.1, 0.15) is 5.56 Å². The lowest BCUT2D eigenvalue weighted by Gasteiger charge is -2.05. The molecule has 0 heterocycles. The highest BCUT2D eigenvalue weighted by atomic mass is 19.2. The summed E-state index contributed by atoms with van der Waals surface area (Å²) in [6.07, 6.45) is 0.745. The molecule has 1 rings (SSSR count). The number of nitrogens with two attached hydrogens (primary N) is 1. The normalized spacial score (nSPS) is 11.0. The van der Waals surface area contributed by atoms with Gasteiger partial charge in [0.2, 0.25) is 0 Å². The molecule has 0 unspecified atom stereocenters. The van der Waals surface area contributed by atoms with Gasteiger partial charge in [-0.1, -0.05) is 0 Å². The molecule has 7 heteroatoms. The third kappa shape index (κ3) is 1.97. The van der Waals surface area contributed by atoms with Gasteiger partial charge in [0.15, 0.2) is 23.3 Å². The summed E-state index contributed by atoms with van der Waals surface area (Å²) in [5.74, 6) is -8.52. The second-order valence-corrected chi connectivity index (χ2v) is 2.75. The largest absolute Gasteiger partial charge is 0.478 e. The molecule has 0 saturated carbocycles. The lowest BCUT2D eigenvalue weighted by molar-refractivity contribution is -0.131. The molecule has 0 saturated heterocycles. The number of carboxylic acid groups (broad SMARTS) is 1. The summed E-state index contributed by atoms with van der Waals surface area (Å²) in [7, 11) is 0. The van der Waals surface area contributed by atoms with Crippen molar-refractivity contribution in [1.29, 1.82) is 0 Å². The van der Waals surface area contributed by atoms with E-state index in [-0.39, 0.29) is 0 Å². The number of nitrogen functional groups attached to an aromatic ring is 1. The standard InChI is InChI=1S/C9H5F4NO2/c10-5-3(1-2-4(15)16)6(11)8(13)9(14)7(5)12/h1-2H,14H2,(H,15,16)/b2-1+. The third-order valence-corrected chi connectivity index (χ3v) is 1.72. The molecule has 16 heavy (non-hydrogen) atoms. The van der Waals surface area contributed by atoms with E-state index in [9.17, 15) is 22.4 Å². The van der Waals surface area contributed by atoms with E-state index in [2.05, 4.69) is 0 Å². The lowest BCUT2D eigenvalue weighted by Crippen LogP contribution is -2.05. The Kier molecular flexibility index (Phi) is 3.17. The van der Waals surface area contributed by atoms with Crippen LogP contribution < -0.4 is 5.73 Å². The first kappa shape index (κ1) is 12.0. The Morgan fingerprint density at radius 3 is 1.88 bits per heavy atom. The molecule has 1 aromatic rings. The second-order valence-electron chi connectivity index (χ2n) is 2.75. The molecule has 0 aliphatic rings. The summed E-state index contributed by atoms with van der Waals surface area (Å²) in [5.41, 5.74) is 2.32. The van der Waals surface area contributed by atoms with E-state index in [1.807, 2.05) is 0 Å². The van der Waals surface area contributed by atoms with Crippen molar-refractivity contribution in [3.05, 3.63) is 34.9 Å². The molecule has 0 aromatic heterocycles. The Morgan fingerprint density at radius 1 is 1.06 bits per heavy atom. The highest BCUT2D eigenvalue weighted by Gasteiger charge is 2.22.